The lowest BCUT2D eigenvalue weighted by Crippen LogP contribution is -2.47. The van der Waals surface area contributed by atoms with E-state index < -0.39 is 0 Å². The molecular weight excluding hydrogens is 346 g/mol. The molecule has 5 nitrogen and oxygen atoms in total. The molecule has 28 heavy (non-hydrogen) atoms. The summed E-state index contributed by atoms with van der Waals surface area (Å²) in [6.45, 7) is 7.31. The zero-order chi connectivity index (χ0) is 18.9. The normalized spacial score (nSPS) is 15.5. The van der Waals surface area contributed by atoms with E-state index in [4.69, 9.17) is 4.98 Å². The Labute approximate surface area is 165 Å². The average Bonchev–Trinajstić information content (AvgIpc) is 3.13. The first-order valence-electron chi connectivity index (χ1n) is 10.0. The van der Waals surface area contributed by atoms with E-state index >= 15 is 0 Å². The van der Waals surface area contributed by atoms with Gasteiger partial charge in [0, 0.05) is 44.2 Å². The number of nitrogens with zero attached hydrogens (tertiary/aromatic N) is 5. The number of para-hydroxylation sites is 1. The van der Waals surface area contributed by atoms with Crippen LogP contribution in [0.15, 0.2) is 60.7 Å². The number of aromatic nitrogens is 3. The second kappa shape index (κ2) is 7.24. The first-order chi connectivity index (χ1) is 13.8. The Morgan fingerprint density at radius 3 is 2.46 bits per heavy atom. The number of fused-ring (bicyclic) bond motifs is 3. The maximum absolute atomic E-state index is 4.97. The quantitative estimate of drug-likeness (QED) is 0.550. The highest BCUT2D eigenvalue weighted by Gasteiger charge is 2.21. The maximum Gasteiger partial charge on any atom is 0.158 e. The number of rotatable bonds is 4. The van der Waals surface area contributed by atoms with Gasteiger partial charge < -0.3 is 4.90 Å². The summed E-state index contributed by atoms with van der Waals surface area (Å²) < 4.78 is 1.96. The van der Waals surface area contributed by atoms with Gasteiger partial charge in [0.1, 0.15) is 5.82 Å². The molecule has 0 amide bonds. The van der Waals surface area contributed by atoms with Crippen LogP contribution in [0.2, 0.25) is 0 Å². The van der Waals surface area contributed by atoms with Crippen LogP contribution in [0.1, 0.15) is 11.3 Å². The predicted octanol–water partition coefficient (Wildman–Crippen LogP) is 3.56. The molecule has 1 saturated heterocycles. The number of piperazine rings is 1. The molecule has 1 aliphatic rings. The Morgan fingerprint density at radius 2 is 1.64 bits per heavy atom. The number of benzene rings is 2. The van der Waals surface area contributed by atoms with Crippen LogP contribution in [-0.4, -0.2) is 52.2 Å². The predicted molar refractivity (Wildman–Crippen MR) is 114 cm³/mol. The van der Waals surface area contributed by atoms with Gasteiger partial charge in [-0.2, -0.15) is 5.10 Å². The third-order valence-electron chi connectivity index (χ3n) is 5.64. The van der Waals surface area contributed by atoms with Gasteiger partial charge in [-0.25, -0.2) is 9.50 Å². The van der Waals surface area contributed by atoms with E-state index in [2.05, 4.69) is 75.6 Å². The SMILES string of the molecule is Cc1cc2nc(N3CCN(CCc4ccccc4)CC3)c3ccccc3n2n1. The van der Waals surface area contributed by atoms with E-state index in [0.717, 1.165) is 61.8 Å². The number of anilines is 1. The van der Waals surface area contributed by atoms with Gasteiger partial charge in [0.25, 0.3) is 0 Å². The van der Waals surface area contributed by atoms with Crippen molar-refractivity contribution in [1.29, 1.82) is 0 Å². The van der Waals surface area contributed by atoms with Gasteiger partial charge in [-0.3, -0.25) is 4.90 Å². The molecular formula is C23H25N5. The lowest BCUT2D eigenvalue weighted by atomic mass is 10.1. The van der Waals surface area contributed by atoms with Crippen LogP contribution >= 0.6 is 0 Å². The van der Waals surface area contributed by atoms with E-state index in [0.29, 0.717) is 0 Å². The summed E-state index contributed by atoms with van der Waals surface area (Å²) in [6, 6.07) is 21.3. The molecule has 0 aliphatic carbocycles. The fourth-order valence-corrected chi connectivity index (χ4v) is 4.12. The van der Waals surface area contributed by atoms with E-state index in [1.807, 2.05) is 11.4 Å². The second-order valence-electron chi connectivity index (χ2n) is 7.57. The maximum atomic E-state index is 4.97. The fourth-order valence-electron chi connectivity index (χ4n) is 4.12. The van der Waals surface area contributed by atoms with Crippen molar-refractivity contribution in [3.63, 3.8) is 0 Å². The Bertz CT molecular complexity index is 1090. The molecule has 0 spiro atoms. The van der Waals surface area contributed by atoms with Crippen molar-refractivity contribution in [3.8, 4) is 0 Å². The van der Waals surface area contributed by atoms with Crippen molar-refractivity contribution in [2.75, 3.05) is 37.6 Å². The topological polar surface area (TPSA) is 36.7 Å². The average molecular weight is 371 g/mol. The Hall–Kier alpha value is -2.92. The van der Waals surface area contributed by atoms with E-state index in [9.17, 15) is 0 Å². The zero-order valence-corrected chi connectivity index (χ0v) is 16.3. The molecule has 0 bridgehead atoms. The molecule has 5 heteroatoms. The van der Waals surface area contributed by atoms with Crippen molar-refractivity contribution in [2.24, 2.45) is 0 Å². The summed E-state index contributed by atoms with van der Waals surface area (Å²) in [4.78, 5) is 9.97. The third kappa shape index (κ3) is 3.22. The summed E-state index contributed by atoms with van der Waals surface area (Å²) in [5.74, 6) is 1.09. The first-order valence-corrected chi connectivity index (χ1v) is 10.0. The highest BCUT2D eigenvalue weighted by molar-refractivity contribution is 5.91. The molecule has 0 saturated carbocycles. The van der Waals surface area contributed by atoms with Gasteiger partial charge in [-0.15, -0.1) is 0 Å². The monoisotopic (exact) mass is 371 g/mol. The van der Waals surface area contributed by atoms with Crippen molar-refractivity contribution in [3.05, 3.63) is 71.9 Å². The van der Waals surface area contributed by atoms with Gasteiger partial charge >= 0.3 is 0 Å². The molecule has 1 aliphatic heterocycles. The van der Waals surface area contributed by atoms with Crippen LogP contribution in [0.4, 0.5) is 5.82 Å². The molecule has 3 heterocycles. The molecule has 4 aromatic rings. The summed E-state index contributed by atoms with van der Waals surface area (Å²) in [6.07, 6.45) is 1.11. The van der Waals surface area contributed by atoms with Crippen LogP contribution in [0.25, 0.3) is 16.6 Å². The molecule has 0 radical (unpaired) electrons. The van der Waals surface area contributed by atoms with Crippen molar-refractivity contribution >= 4 is 22.4 Å². The smallest absolute Gasteiger partial charge is 0.158 e. The summed E-state index contributed by atoms with van der Waals surface area (Å²) in [7, 11) is 0. The molecule has 0 N–H and O–H groups in total. The van der Waals surface area contributed by atoms with Crippen LogP contribution in [-0.2, 0) is 6.42 Å². The van der Waals surface area contributed by atoms with Gasteiger partial charge in [0.2, 0.25) is 0 Å². The number of hydrogen-bond acceptors (Lipinski definition) is 4. The van der Waals surface area contributed by atoms with Crippen LogP contribution in [0.5, 0.6) is 0 Å². The summed E-state index contributed by atoms with van der Waals surface area (Å²) in [5, 5.41) is 5.80. The summed E-state index contributed by atoms with van der Waals surface area (Å²) >= 11 is 0. The lowest BCUT2D eigenvalue weighted by molar-refractivity contribution is 0.260. The Morgan fingerprint density at radius 1 is 0.893 bits per heavy atom. The van der Waals surface area contributed by atoms with Crippen LogP contribution in [0, 0.1) is 6.92 Å². The Kier molecular flexibility index (Phi) is 4.45. The summed E-state index contributed by atoms with van der Waals surface area (Å²) in [5.41, 5.74) is 4.47. The minimum atomic E-state index is 0.928. The van der Waals surface area contributed by atoms with Gasteiger partial charge in [0.15, 0.2) is 5.65 Å². The van der Waals surface area contributed by atoms with Crippen molar-refractivity contribution < 1.29 is 0 Å². The molecule has 2 aromatic carbocycles. The first kappa shape index (κ1) is 17.2. The molecule has 2 aromatic heterocycles. The largest absolute Gasteiger partial charge is 0.353 e. The van der Waals surface area contributed by atoms with Gasteiger partial charge in [0.05, 0.1) is 11.2 Å². The molecule has 5 rings (SSSR count). The highest BCUT2D eigenvalue weighted by atomic mass is 15.3. The minimum absolute atomic E-state index is 0.928. The highest BCUT2D eigenvalue weighted by Crippen LogP contribution is 2.27. The zero-order valence-electron chi connectivity index (χ0n) is 16.3. The third-order valence-corrected chi connectivity index (χ3v) is 5.64. The minimum Gasteiger partial charge on any atom is -0.353 e. The van der Waals surface area contributed by atoms with Gasteiger partial charge in [-0.1, -0.05) is 42.5 Å². The number of aryl methyl sites for hydroxylation is 1. The van der Waals surface area contributed by atoms with E-state index in [1.165, 1.54) is 10.9 Å². The molecule has 1 fully saturated rings. The number of hydrogen-bond donors (Lipinski definition) is 0. The second-order valence-corrected chi connectivity index (χ2v) is 7.57. The van der Waals surface area contributed by atoms with Gasteiger partial charge in [-0.05, 0) is 31.0 Å². The van der Waals surface area contributed by atoms with Crippen molar-refractivity contribution in [1.82, 2.24) is 19.5 Å². The standard InChI is InChI=1S/C23H25N5/c1-18-17-22-24-23(20-9-5-6-10-21(20)28(22)25-18)27-15-13-26(14-16-27)12-11-19-7-3-2-4-8-19/h2-10,17H,11-16H2,1H3. The van der Waals surface area contributed by atoms with Crippen LogP contribution < -0.4 is 4.90 Å². The Balaban J connectivity index is 1.35. The molecule has 0 atom stereocenters. The lowest BCUT2D eigenvalue weighted by Gasteiger charge is -2.36. The molecule has 142 valence electrons. The fraction of sp³-hybridized carbons (Fsp3) is 0.304. The van der Waals surface area contributed by atoms with Crippen LogP contribution in [0.3, 0.4) is 0 Å². The molecule has 0 unspecified atom stereocenters. The van der Waals surface area contributed by atoms with Crippen molar-refractivity contribution in [2.45, 2.75) is 13.3 Å². The van der Waals surface area contributed by atoms with E-state index in [-0.39, 0.29) is 0 Å². The van der Waals surface area contributed by atoms with E-state index in [1.54, 1.807) is 0 Å².